The first kappa shape index (κ1) is 13.7. The molecule has 0 aliphatic heterocycles. The normalized spacial score (nSPS) is 11.8. The van der Waals surface area contributed by atoms with Crippen molar-refractivity contribution in [3.05, 3.63) is 59.9 Å². The number of rotatable bonds is 2. The van der Waals surface area contributed by atoms with Gasteiger partial charge in [-0.3, -0.25) is 0 Å². The quantitative estimate of drug-likeness (QED) is 0.589. The maximum absolute atomic E-state index is 6.01. The molecule has 0 saturated carbocycles. The van der Waals surface area contributed by atoms with Crippen molar-refractivity contribution in [1.29, 1.82) is 0 Å². The molecular weight excluding hydrogens is 260 g/mol. The number of hydrogen-bond donors (Lipinski definition) is 0. The molecule has 0 fully saturated rings. The second kappa shape index (κ2) is 4.96. The summed E-state index contributed by atoms with van der Waals surface area (Å²) in [5.74, 6) is 1.72. The molecule has 1 aromatic heterocycles. The standard InChI is InChI=1S/C19H20O2/c1-13-11-15(19(2,3)4)5-7-17(13)21-16-6-8-18-14(12-16)9-10-20-18/h5-12H,1-4H3. The number of ether oxygens (including phenoxy) is 1. The van der Waals surface area contributed by atoms with E-state index in [-0.39, 0.29) is 5.41 Å². The Bertz CT molecular complexity index is 776. The minimum absolute atomic E-state index is 0.152. The van der Waals surface area contributed by atoms with Crippen LogP contribution in [-0.2, 0) is 5.41 Å². The number of furan rings is 1. The average molecular weight is 280 g/mol. The third kappa shape index (κ3) is 2.80. The summed E-state index contributed by atoms with van der Waals surface area (Å²) >= 11 is 0. The van der Waals surface area contributed by atoms with Crippen LogP contribution in [0.3, 0.4) is 0 Å². The van der Waals surface area contributed by atoms with E-state index in [1.165, 1.54) is 5.56 Å². The summed E-state index contributed by atoms with van der Waals surface area (Å²) in [5.41, 5.74) is 3.49. The molecule has 3 rings (SSSR count). The number of benzene rings is 2. The van der Waals surface area contributed by atoms with Crippen LogP contribution in [0.1, 0.15) is 31.9 Å². The molecule has 0 radical (unpaired) electrons. The fourth-order valence-electron chi connectivity index (χ4n) is 2.37. The van der Waals surface area contributed by atoms with Crippen LogP contribution in [0.2, 0.25) is 0 Å². The van der Waals surface area contributed by atoms with Crippen molar-refractivity contribution < 1.29 is 9.15 Å². The first-order chi connectivity index (χ1) is 9.93. The van der Waals surface area contributed by atoms with Gasteiger partial charge < -0.3 is 9.15 Å². The minimum Gasteiger partial charge on any atom is -0.464 e. The topological polar surface area (TPSA) is 22.4 Å². The average Bonchev–Trinajstić information content (AvgIpc) is 2.87. The lowest BCUT2D eigenvalue weighted by molar-refractivity contribution is 0.478. The lowest BCUT2D eigenvalue weighted by Gasteiger charge is -2.20. The van der Waals surface area contributed by atoms with E-state index >= 15 is 0 Å². The SMILES string of the molecule is Cc1cc(C(C)(C)C)ccc1Oc1ccc2occc2c1. The summed E-state index contributed by atoms with van der Waals surface area (Å²) in [6.45, 7) is 8.74. The maximum Gasteiger partial charge on any atom is 0.134 e. The van der Waals surface area contributed by atoms with E-state index in [9.17, 15) is 0 Å². The Balaban J connectivity index is 1.90. The van der Waals surface area contributed by atoms with Crippen LogP contribution in [0.15, 0.2) is 53.1 Å². The Morgan fingerprint density at radius 3 is 2.48 bits per heavy atom. The zero-order valence-electron chi connectivity index (χ0n) is 12.9. The lowest BCUT2D eigenvalue weighted by Crippen LogP contribution is -2.11. The molecular formula is C19H20O2. The molecule has 0 unspecified atom stereocenters. The Morgan fingerprint density at radius 2 is 1.76 bits per heavy atom. The largest absolute Gasteiger partial charge is 0.464 e. The summed E-state index contributed by atoms with van der Waals surface area (Å²) < 4.78 is 11.4. The van der Waals surface area contributed by atoms with Crippen molar-refractivity contribution in [3.8, 4) is 11.5 Å². The Hall–Kier alpha value is -2.22. The van der Waals surface area contributed by atoms with Gasteiger partial charge in [0.2, 0.25) is 0 Å². The Labute approximate surface area is 125 Å². The van der Waals surface area contributed by atoms with Crippen molar-refractivity contribution in [1.82, 2.24) is 0 Å². The Morgan fingerprint density at radius 1 is 0.952 bits per heavy atom. The van der Waals surface area contributed by atoms with Crippen LogP contribution in [0, 0.1) is 6.92 Å². The highest BCUT2D eigenvalue weighted by Crippen LogP contribution is 2.31. The molecule has 3 aromatic rings. The van der Waals surface area contributed by atoms with Crippen LogP contribution in [-0.4, -0.2) is 0 Å². The summed E-state index contributed by atoms with van der Waals surface area (Å²) in [5, 5.41) is 1.05. The zero-order valence-corrected chi connectivity index (χ0v) is 12.9. The number of hydrogen-bond acceptors (Lipinski definition) is 2. The smallest absolute Gasteiger partial charge is 0.134 e. The molecule has 0 saturated heterocycles. The highest BCUT2D eigenvalue weighted by Gasteiger charge is 2.15. The molecule has 2 aromatic carbocycles. The van der Waals surface area contributed by atoms with Crippen molar-refractivity contribution in [2.24, 2.45) is 0 Å². The van der Waals surface area contributed by atoms with E-state index in [4.69, 9.17) is 9.15 Å². The molecule has 1 heterocycles. The van der Waals surface area contributed by atoms with Crippen molar-refractivity contribution in [3.63, 3.8) is 0 Å². The van der Waals surface area contributed by atoms with Crippen molar-refractivity contribution in [2.45, 2.75) is 33.1 Å². The lowest BCUT2D eigenvalue weighted by atomic mass is 9.86. The molecule has 0 spiro atoms. The van der Waals surface area contributed by atoms with Gasteiger partial charge in [0.15, 0.2) is 0 Å². The fourth-order valence-corrected chi connectivity index (χ4v) is 2.37. The first-order valence-corrected chi connectivity index (χ1v) is 7.20. The third-order valence-electron chi connectivity index (χ3n) is 3.69. The van der Waals surface area contributed by atoms with Crippen LogP contribution >= 0.6 is 0 Å². The number of aryl methyl sites for hydroxylation is 1. The summed E-state index contributed by atoms with van der Waals surface area (Å²) in [4.78, 5) is 0. The van der Waals surface area contributed by atoms with Gasteiger partial charge in [-0.2, -0.15) is 0 Å². The van der Waals surface area contributed by atoms with E-state index in [2.05, 4.69) is 45.9 Å². The predicted molar refractivity (Wildman–Crippen MR) is 86.2 cm³/mol. The first-order valence-electron chi connectivity index (χ1n) is 7.20. The van der Waals surface area contributed by atoms with Crippen LogP contribution < -0.4 is 4.74 Å². The van der Waals surface area contributed by atoms with Crippen LogP contribution in [0.4, 0.5) is 0 Å². The van der Waals surface area contributed by atoms with Crippen LogP contribution in [0.5, 0.6) is 11.5 Å². The van der Waals surface area contributed by atoms with Gasteiger partial charge in [0, 0.05) is 5.39 Å². The van der Waals surface area contributed by atoms with E-state index in [1.807, 2.05) is 24.3 Å². The molecule has 0 N–H and O–H groups in total. The van der Waals surface area contributed by atoms with Gasteiger partial charge in [-0.25, -0.2) is 0 Å². The van der Waals surface area contributed by atoms with Gasteiger partial charge in [-0.1, -0.05) is 32.9 Å². The summed E-state index contributed by atoms with van der Waals surface area (Å²) in [6, 6.07) is 14.2. The molecule has 0 bridgehead atoms. The molecule has 0 atom stereocenters. The predicted octanol–water partition coefficient (Wildman–Crippen LogP) is 5.83. The van der Waals surface area contributed by atoms with Gasteiger partial charge in [-0.15, -0.1) is 0 Å². The van der Waals surface area contributed by atoms with Crippen molar-refractivity contribution in [2.75, 3.05) is 0 Å². The molecule has 2 heteroatoms. The zero-order chi connectivity index (χ0) is 15.0. The highest BCUT2D eigenvalue weighted by molar-refractivity contribution is 5.78. The molecule has 0 aliphatic carbocycles. The molecule has 0 aliphatic rings. The van der Waals surface area contributed by atoms with Gasteiger partial charge in [0.1, 0.15) is 17.1 Å². The van der Waals surface area contributed by atoms with Gasteiger partial charge in [0.05, 0.1) is 6.26 Å². The van der Waals surface area contributed by atoms with E-state index < -0.39 is 0 Å². The van der Waals surface area contributed by atoms with Crippen molar-refractivity contribution >= 4 is 11.0 Å². The summed E-state index contributed by atoms with van der Waals surface area (Å²) in [6.07, 6.45) is 1.69. The number of fused-ring (bicyclic) bond motifs is 1. The molecule has 2 nitrogen and oxygen atoms in total. The maximum atomic E-state index is 6.01. The van der Waals surface area contributed by atoms with E-state index in [1.54, 1.807) is 6.26 Å². The second-order valence-electron chi connectivity index (χ2n) is 6.45. The highest BCUT2D eigenvalue weighted by atomic mass is 16.5. The van der Waals surface area contributed by atoms with Gasteiger partial charge in [0.25, 0.3) is 0 Å². The summed E-state index contributed by atoms with van der Waals surface area (Å²) in [7, 11) is 0. The van der Waals surface area contributed by atoms with Gasteiger partial charge in [-0.05, 0) is 53.8 Å². The fraction of sp³-hybridized carbons (Fsp3) is 0.263. The van der Waals surface area contributed by atoms with E-state index in [0.717, 1.165) is 28.0 Å². The molecule has 0 amide bonds. The third-order valence-corrected chi connectivity index (χ3v) is 3.69. The minimum atomic E-state index is 0.152. The van der Waals surface area contributed by atoms with Gasteiger partial charge >= 0.3 is 0 Å². The monoisotopic (exact) mass is 280 g/mol. The second-order valence-corrected chi connectivity index (χ2v) is 6.45. The van der Waals surface area contributed by atoms with E-state index in [0.29, 0.717) is 0 Å². The molecule has 108 valence electrons. The molecule has 21 heavy (non-hydrogen) atoms. The van der Waals surface area contributed by atoms with Crippen LogP contribution in [0.25, 0.3) is 11.0 Å². The Kier molecular flexibility index (Phi) is 3.25.